The number of alkyl halides is 9. The van der Waals surface area contributed by atoms with E-state index in [1.165, 1.54) is 6.92 Å². The first-order chi connectivity index (χ1) is 21.2. The highest BCUT2D eigenvalue weighted by molar-refractivity contribution is 6.10. The van der Waals surface area contributed by atoms with Crippen molar-refractivity contribution in [3.05, 3.63) is 71.1 Å². The smallest absolute Gasteiger partial charge is 0.338 e. The van der Waals surface area contributed by atoms with Gasteiger partial charge in [-0.25, -0.2) is 4.39 Å². The van der Waals surface area contributed by atoms with Crippen LogP contribution in [0.4, 0.5) is 43.9 Å². The van der Waals surface area contributed by atoms with E-state index in [1.807, 2.05) is 0 Å². The third-order valence-electron chi connectivity index (χ3n) is 7.51. The van der Waals surface area contributed by atoms with Crippen LogP contribution < -0.4 is 5.32 Å². The van der Waals surface area contributed by atoms with Crippen LogP contribution in [-0.2, 0) is 17.5 Å². The molecular formula is C29H31F10N5O2. The molecule has 3 rings (SSSR count). The Hall–Kier alpha value is -3.89. The monoisotopic (exact) mass is 671 g/mol. The molecule has 1 aromatic carbocycles. The zero-order valence-corrected chi connectivity index (χ0v) is 24.5. The van der Waals surface area contributed by atoms with E-state index in [4.69, 9.17) is 5.41 Å². The molecule has 0 spiro atoms. The molecule has 0 radical (unpaired) electrons. The molecule has 0 bridgehead atoms. The summed E-state index contributed by atoms with van der Waals surface area (Å²) in [6, 6.07) is 2.41. The third kappa shape index (κ3) is 9.10. The summed E-state index contributed by atoms with van der Waals surface area (Å²) in [4.78, 5) is 29.7. The average Bonchev–Trinajstić information content (AvgIpc) is 3.18. The van der Waals surface area contributed by atoms with Crippen molar-refractivity contribution in [2.24, 2.45) is 0 Å². The van der Waals surface area contributed by atoms with E-state index in [0.717, 1.165) is 45.1 Å². The normalized spacial score (nSPS) is 20.5. The lowest BCUT2D eigenvalue weighted by Gasteiger charge is -2.35. The maximum absolute atomic E-state index is 13.9. The highest BCUT2D eigenvalue weighted by Crippen LogP contribution is 2.36. The lowest BCUT2D eigenvalue weighted by atomic mass is 9.84. The van der Waals surface area contributed by atoms with Gasteiger partial charge in [0.05, 0.1) is 24.2 Å². The summed E-state index contributed by atoms with van der Waals surface area (Å²) in [5.74, 6) is -3.43. The van der Waals surface area contributed by atoms with Crippen molar-refractivity contribution in [3.63, 3.8) is 0 Å². The Balaban J connectivity index is 1.90. The predicted molar refractivity (Wildman–Crippen MR) is 147 cm³/mol. The number of guanidine groups is 1. The van der Waals surface area contributed by atoms with Crippen molar-refractivity contribution < 1.29 is 53.5 Å². The van der Waals surface area contributed by atoms with Crippen LogP contribution in [0.2, 0.25) is 0 Å². The number of nitrogens with one attached hydrogen (secondary N) is 2. The summed E-state index contributed by atoms with van der Waals surface area (Å²) in [6.45, 7) is 2.23. The number of rotatable bonds is 10. The van der Waals surface area contributed by atoms with Crippen LogP contribution >= 0.6 is 0 Å². The largest absolute Gasteiger partial charge is 0.417 e. The van der Waals surface area contributed by atoms with Gasteiger partial charge in [0.1, 0.15) is 11.4 Å². The molecule has 2 amide bonds. The fourth-order valence-corrected chi connectivity index (χ4v) is 5.16. The van der Waals surface area contributed by atoms with Gasteiger partial charge in [-0.3, -0.25) is 24.8 Å². The van der Waals surface area contributed by atoms with Crippen molar-refractivity contribution in [1.82, 2.24) is 20.0 Å². The second-order valence-corrected chi connectivity index (χ2v) is 10.8. The van der Waals surface area contributed by atoms with Crippen LogP contribution in [0.5, 0.6) is 0 Å². The molecule has 46 heavy (non-hydrogen) atoms. The van der Waals surface area contributed by atoms with Crippen molar-refractivity contribution >= 4 is 17.8 Å². The van der Waals surface area contributed by atoms with Gasteiger partial charge in [0.15, 0.2) is 5.96 Å². The van der Waals surface area contributed by atoms with Gasteiger partial charge in [0.2, 0.25) is 0 Å². The lowest BCUT2D eigenvalue weighted by molar-refractivity contribution is -0.148. The minimum atomic E-state index is -5.00. The van der Waals surface area contributed by atoms with E-state index in [-0.39, 0.29) is 37.3 Å². The average molecular weight is 672 g/mol. The number of nitrogens with zero attached hydrogens (tertiary/aromatic N) is 3. The van der Waals surface area contributed by atoms with Crippen LogP contribution in [-0.4, -0.2) is 83.1 Å². The Labute approximate surface area is 257 Å². The highest BCUT2D eigenvalue weighted by Gasteiger charge is 2.51. The molecule has 1 aromatic rings. The molecule has 0 unspecified atom stereocenters. The van der Waals surface area contributed by atoms with Gasteiger partial charge < -0.3 is 10.2 Å². The molecule has 2 fully saturated rings. The first-order valence-corrected chi connectivity index (χ1v) is 13.9. The van der Waals surface area contributed by atoms with Crippen molar-refractivity contribution in [2.45, 2.75) is 56.8 Å². The molecule has 0 aromatic heterocycles. The van der Waals surface area contributed by atoms with E-state index in [9.17, 15) is 53.5 Å². The summed E-state index contributed by atoms with van der Waals surface area (Å²) in [6.07, 6.45) is -13.4. The molecule has 7 nitrogen and oxygen atoms in total. The molecule has 2 heterocycles. The summed E-state index contributed by atoms with van der Waals surface area (Å²) < 4.78 is 132. The Morgan fingerprint density at radius 3 is 2.20 bits per heavy atom. The quantitative estimate of drug-likeness (QED) is 0.225. The van der Waals surface area contributed by atoms with Gasteiger partial charge in [-0.05, 0) is 49.1 Å². The van der Waals surface area contributed by atoms with Gasteiger partial charge in [-0.1, -0.05) is 24.8 Å². The molecule has 2 saturated heterocycles. The fraction of sp³-hybridized carbons (Fsp3) is 0.483. The number of hydrogen-bond donors (Lipinski definition) is 2. The van der Waals surface area contributed by atoms with Crippen LogP contribution in [0.3, 0.4) is 0 Å². The molecule has 0 aliphatic carbocycles. The number of amides is 2. The predicted octanol–water partition coefficient (Wildman–Crippen LogP) is 6.35. The minimum absolute atomic E-state index is 0.0563. The number of benzene rings is 1. The van der Waals surface area contributed by atoms with Crippen LogP contribution in [0.1, 0.15) is 47.7 Å². The Bertz CT molecular complexity index is 1390. The molecular weight excluding hydrogens is 640 g/mol. The zero-order valence-electron chi connectivity index (χ0n) is 24.5. The minimum Gasteiger partial charge on any atom is -0.338 e. The summed E-state index contributed by atoms with van der Waals surface area (Å²) in [7, 11) is 0. The first-order valence-electron chi connectivity index (χ1n) is 13.9. The van der Waals surface area contributed by atoms with E-state index in [0.29, 0.717) is 6.07 Å². The topological polar surface area (TPSA) is 79.7 Å². The third-order valence-corrected chi connectivity index (χ3v) is 7.51. The van der Waals surface area contributed by atoms with Crippen LogP contribution in [0.25, 0.3) is 0 Å². The van der Waals surface area contributed by atoms with Gasteiger partial charge in [0, 0.05) is 32.6 Å². The van der Waals surface area contributed by atoms with Gasteiger partial charge >= 0.3 is 18.5 Å². The maximum atomic E-state index is 13.9. The number of carbonyl (C=O) groups is 2. The molecule has 254 valence electrons. The molecule has 2 N–H and O–H groups in total. The fourth-order valence-electron chi connectivity index (χ4n) is 5.16. The van der Waals surface area contributed by atoms with Gasteiger partial charge in [-0.2, -0.15) is 39.5 Å². The summed E-state index contributed by atoms with van der Waals surface area (Å²) in [5, 5.41) is 10.9. The zero-order chi connectivity index (χ0) is 34.7. The van der Waals surface area contributed by atoms with E-state index in [1.54, 1.807) is 0 Å². The molecule has 1 atom stereocenters. The summed E-state index contributed by atoms with van der Waals surface area (Å²) >= 11 is 0. The van der Waals surface area contributed by atoms with Crippen molar-refractivity contribution in [1.29, 1.82) is 5.41 Å². The van der Waals surface area contributed by atoms with Crippen molar-refractivity contribution in [3.8, 4) is 0 Å². The molecule has 0 saturated carbocycles. The Morgan fingerprint density at radius 1 is 1.02 bits per heavy atom. The van der Waals surface area contributed by atoms with E-state index < -0.39 is 91.1 Å². The second-order valence-electron chi connectivity index (χ2n) is 10.8. The van der Waals surface area contributed by atoms with E-state index in [2.05, 4.69) is 11.9 Å². The lowest BCUT2D eigenvalue weighted by Crippen LogP contribution is -2.51. The van der Waals surface area contributed by atoms with Gasteiger partial charge in [0.25, 0.3) is 11.8 Å². The summed E-state index contributed by atoms with van der Waals surface area (Å²) in [5.41, 5.74) is -4.39. The number of hydrogen-bond acceptors (Lipinski definition) is 4. The maximum Gasteiger partial charge on any atom is 0.417 e. The number of allylic oxidation sites excluding steroid dienone is 3. The van der Waals surface area contributed by atoms with Crippen LogP contribution in [0.15, 0.2) is 54.4 Å². The van der Waals surface area contributed by atoms with E-state index >= 15 is 0 Å². The number of halogens is 10. The highest BCUT2D eigenvalue weighted by atomic mass is 19.4. The standard InChI is InChI=1S/C29H31F10N5O2/c1-3-20(30)7-5-18(2)26(9-4-10-27(31,32)33)24(46)44(25(40)41-26)16-19-6-8-22(29(37,38)39)21(15-19)23(45)43-13-11-42(12-14-43)17-28(34,35)36/h3,5-8,15H,2,4,9-14,16-17H2,1H3,(H2,40,41)/b7-5-,20-3+/t26-/m1/s1. The van der Waals surface area contributed by atoms with Gasteiger partial charge in [-0.15, -0.1) is 0 Å². The van der Waals surface area contributed by atoms with Crippen molar-refractivity contribution in [2.75, 3.05) is 32.7 Å². The Morgan fingerprint density at radius 2 is 1.65 bits per heavy atom. The Kier molecular flexibility index (Phi) is 11.0. The molecule has 2 aliphatic rings. The number of piperazine rings is 1. The number of carbonyl (C=O) groups excluding carboxylic acids is 2. The second kappa shape index (κ2) is 13.8. The molecule has 2 aliphatic heterocycles. The SMILES string of the molecule is C=C(/C=C\C(F)=C/C)[C@@]1(CCCC(F)(F)F)NC(=N)N(Cc2ccc(C(F)(F)F)c(C(=O)N3CCN(CC(F)(F)F)CC3)c2)C1=O. The molecule has 17 heteroatoms. The van der Waals surface area contributed by atoms with Crippen LogP contribution in [0, 0.1) is 5.41 Å². The first kappa shape index (κ1) is 36.6.